The summed E-state index contributed by atoms with van der Waals surface area (Å²) >= 11 is 0. The summed E-state index contributed by atoms with van der Waals surface area (Å²) in [7, 11) is 0. The van der Waals surface area contributed by atoms with Crippen molar-refractivity contribution < 1.29 is 4.58 Å². The molecule has 1 aromatic carbocycles. The van der Waals surface area contributed by atoms with Gasteiger partial charge in [0.25, 0.3) is 0 Å². The first-order valence-electron chi connectivity index (χ1n) is 11.8. The van der Waals surface area contributed by atoms with Gasteiger partial charge in [-0.3, -0.25) is 0 Å². The van der Waals surface area contributed by atoms with Crippen molar-refractivity contribution in [2.75, 3.05) is 0 Å². The molecule has 0 aromatic heterocycles. The fraction of sp³-hybridized carbons (Fsp3) is 0.500. The van der Waals surface area contributed by atoms with Gasteiger partial charge < -0.3 is 0 Å². The summed E-state index contributed by atoms with van der Waals surface area (Å²) in [5.74, 6) is 0.289. The molecule has 0 spiro atoms. The molecule has 0 amide bonds. The van der Waals surface area contributed by atoms with Crippen LogP contribution in [0.15, 0.2) is 65.9 Å². The fourth-order valence-electron chi connectivity index (χ4n) is 4.15. The summed E-state index contributed by atoms with van der Waals surface area (Å²) in [5.41, 5.74) is 9.45. The highest BCUT2D eigenvalue weighted by Gasteiger charge is 2.27. The second kappa shape index (κ2) is 9.55. The smallest absolute Gasteiger partial charge is 0.174 e. The van der Waals surface area contributed by atoms with Crippen molar-refractivity contribution >= 4 is 6.72 Å². The van der Waals surface area contributed by atoms with Crippen molar-refractivity contribution in [1.82, 2.24) is 0 Å². The summed E-state index contributed by atoms with van der Waals surface area (Å²) in [5, 5.41) is 0. The molecule has 0 bridgehead atoms. The molecule has 2 rings (SSSR count). The number of rotatable bonds is 7. The van der Waals surface area contributed by atoms with Crippen molar-refractivity contribution in [3.05, 3.63) is 82.6 Å². The molecular formula is C30H44N+. The Morgan fingerprint density at radius 3 is 2.13 bits per heavy atom. The number of benzene rings is 1. The van der Waals surface area contributed by atoms with E-state index in [9.17, 15) is 0 Å². The summed E-state index contributed by atoms with van der Waals surface area (Å²) < 4.78 is 2.09. The van der Waals surface area contributed by atoms with E-state index >= 15 is 0 Å². The molecule has 0 aliphatic heterocycles. The Bertz CT molecular complexity index is 922. The summed E-state index contributed by atoms with van der Waals surface area (Å²) in [6.45, 7) is 32.1. The highest BCUT2D eigenvalue weighted by Crippen LogP contribution is 2.39. The predicted octanol–water partition coefficient (Wildman–Crippen LogP) is 8.16. The first-order chi connectivity index (χ1) is 14.3. The maximum atomic E-state index is 4.43. The maximum Gasteiger partial charge on any atom is 0.174 e. The molecule has 1 atom stereocenters. The van der Waals surface area contributed by atoms with Gasteiger partial charge in [0.1, 0.15) is 6.72 Å². The second-order valence-electron chi connectivity index (χ2n) is 11.1. The van der Waals surface area contributed by atoms with E-state index < -0.39 is 0 Å². The molecule has 0 fully saturated rings. The zero-order chi connectivity index (χ0) is 23.6. The number of nitrogens with zero attached hydrogens (tertiary/aromatic N) is 1. The van der Waals surface area contributed by atoms with Gasteiger partial charge in [0, 0.05) is 17.9 Å². The minimum absolute atomic E-state index is 0.133. The third-order valence-electron chi connectivity index (χ3n) is 6.53. The van der Waals surface area contributed by atoms with Gasteiger partial charge in [0.05, 0.1) is 0 Å². The highest BCUT2D eigenvalue weighted by atomic mass is 15.0. The first kappa shape index (κ1) is 25.1. The van der Waals surface area contributed by atoms with Crippen molar-refractivity contribution in [2.24, 2.45) is 11.3 Å². The van der Waals surface area contributed by atoms with Gasteiger partial charge in [-0.05, 0) is 64.2 Å². The largest absolute Gasteiger partial charge is 0.205 e. The molecule has 1 unspecified atom stereocenters. The quantitative estimate of drug-likeness (QED) is 0.310. The highest BCUT2D eigenvalue weighted by molar-refractivity contribution is 5.46. The molecule has 1 aliphatic carbocycles. The number of hydrogen-bond donors (Lipinski definition) is 0. The van der Waals surface area contributed by atoms with E-state index in [0.29, 0.717) is 0 Å². The standard InChI is InChI=1S/C30H44N/c1-12-23-14-15-27(29(5,6)7)19-26(23)20-31(11)21(3)16-25-18-28(30(8,9)10)17-24(13-2)22(25)4/h14-15,17-19,25H,3-4,11-13,16,20H2,1-2,5-10H3/q+1. The van der Waals surface area contributed by atoms with Gasteiger partial charge in [-0.1, -0.05) is 86.3 Å². The van der Waals surface area contributed by atoms with Crippen molar-refractivity contribution in [1.29, 1.82) is 0 Å². The van der Waals surface area contributed by atoms with Crippen LogP contribution < -0.4 is 0 Å². The minimum Gasteiger partial charge on any atom is -0.205 e. The van der Waals surface area contributed by atoms with Crippen LogP contribution in [-0.2, 0) is 18.4 Å². The zero-order valence-corrected chi connectivity index (χ0v) is 21.4. The van der Waals surface area contributed by atoms with E-state index in [-0.39, 0.29) is 16.7 Å². The third-order valence-corrected chi connectivity index (χ3v) is 6.53. The van der Waals surface area contributed by atoms with Gasteiger partial charge in [0.2, 0.25) is 0 Å². The lowest BCUT2D eigenvalue weighted by Gasteiger charge is -2.30. The third kappa shape index (κ3) is 6.19. The summed E-state index contributed by atoms with van der Waals surface area (Å²) in [6.07, 6.45) is 7.65. The molecule has 1 nitrogen and oxygen atoms in total. The molecular weight excluding hydrogens is 374 g/mol. The van der Waals surface area contributed by atoms with Crippen molar-refractivity contribution in [2.45, 2.75) is 86.6 Å². The lowest BCUT2D eigenvalue weighted by Crippen LogP contribution is -2.19. The fourth-order valence-corrected chi connectivity index (χ4v) is 4.15. The van der Waals surface area contributed by atoms with Crippen molar-refractivity contribution in [3.63, 3.8) is 0 Å². The lowest BCUT2D eigenvalue weighted by molar-refractivity contribution is -0.487. The number of hydrogen-bond acceptors (Lipinski definition) is 0. The topological polar surface area (TPSA) is 3.01 Å². The van der Waals surface area contributed by atoms with E-state index in [4.69, 9.17) is 0 Å². The molecule has 0 radical (unpaired) electrons. The maximum absolute atomic E-state index is 4.43. The van der Waals surface area contributed by atoms with Gasteiger partial charge in [-0.15, -0.1) is 0 Å². The van der Waals surface area contributed by atoms with E-state index in [1.165, 1.54) is 33.4 Å². The molecule has 0 saturated heterocycles. The van der Waals surface area contributed by atoms with Crippen LogP contribution in [0.2, 0.25) is 0 Å². The Hall–Kier alpha value is -2.15. The second-order valence-corrected chi connectivity index (χ2v) is 11.1. The van der Waals surface area contributed by atoms with Crippen LogP contribution in [0.3, 0.4) is 0 Å². The van der Waals surface area contributed by atoms with E-state index in [1.54, 1.807) is 0 Å². The number of aryl methyl sites for hydroxylation is 1. The molecule has 1 aliphatic rings. The molecule has 0 N–H and O–H groups in total. The molecule has 168 valence electrons. The Kier molecular flexibility index (Phi) is 7.74. The average Bonchev–Trinajstić information content (AvgIpc) is 2.67. The predicted molar refractivity (Wildman–Crippen MR) is 138 cm³/mol. The first-order valence-corrected chi connectivity index (χ1v) is 11.8. The lowest BCUT2D eigenvalue weighted by atomic mass is 9.75. The molecule has 31 heavy (non-hydrogen) atoms. The Labute approximate surface area is 192 Å². The van der Waals surface area contributed by atoms with Gasteiger partial charge in [0.15, 0.2) is 12.2 Å². The Morgan fingerprint density at radius 1 is 0.968 bits per heavy atom. The van der Waals surface area contributed by atoms with Gasteiger partial charge in [-0.25, -0.2) is 4.58 Å². The van der Waals surface area contributed by atoms with Crippen LogP contribution in [-0.4, -0.2) is 11.3 Å². The SMILES string of the molecule is C=C1C(CC)=CC(C(C)(C)C)=CC1CC(=C)[N+](=C)Cc1cc(C(C)(C)C)ccc1CC. The number of allylic oxidation sites excluding steroid dienone is 6. The average molecular weight is 419 g/mol. The molecule has 0 saturated carbocycles. The van der Waals surface area contributed by atoms with E-state index in [1.807, 2.05) is 0 Å². The van der Waals surface area contributed by atoms with Crippen LogP contribution in [0.4, 0.5) is 0 Å². The Balaban J connectivity index is 2.23. The Morgan fingerprint density at radius 2 is 1.61 bits per heavy atom. The molecule has 1 heteroatoms. The van der Waals surface area contributed by atoms with Crippen LogP contribution in [0, 0.1) is 11.3 Å². The van der Waals surface area contributed by atoms with Gasteiger partial charge in [-0.2, -0.15) is 0 Å². The minimum atomic E-state index is 0.133. The molecule has 0 heterocycles. The molecule has 1 aromatic rings. The summed E-state index contributed by atoms with van der Waals surface area (Å²) in [4.78, 5) is 0. The van der Waals surface area contributed by atoms with Crippen LogP contribution in [0.25, 0.3) is 0 Å². The van der Waals surface area contributed by atoms with Crippen molar-refractivity contribution in [3.8, 4) is 0 Å². The zero-order valence-electron chi connectivity index (χ0n) is 21.4. The van der Waals surface area contributed by atoms with E-state index in [2.05, 4.69) is 110 Å². The normalized spacial score (nSPS) is 17.3. The summed E-state index contributed by atoms with van der Waals surface area (Å²) in [6, 6.07) is 6.92. The van der Waals surface area contributed by atoms with Crippen LogP contribution >= 0.6 is 0 Å². The van der Waals surface area contributed by atoms with Crippen LogP contribution in [0.5, 0.6) is 0 Å². The van der Waals surface area contributed by atoms with Gasteiger partial charge >= 0.3 is 0 Å². The monoisotopic (exact) mass is 418 g/mol. The van der Waals surface area contributed by atoms with Crippen LogP contribution in [0.1, 0.15) is 84.9 Å². The van der Waals surface area contributed by atoms with E-state index in [0.717, 1.165) is 31.5 Å².